The van der Waals surface area contributed by atoms with Crippen LogP contribution in [-0.2, 0) is 0 Å². The average Bonchev–Trinajstić information content (AvgIpc) is 2.90. The Morgan fingerprint density at radius 3 is 2.89 bits per heavy atom. The van der Waals surface area contributed by atoms with Crippen LogP contribution in [0.25, 0.3) is 0 Å². The lowest BCUT2D eigenvalue weighted by Gasteiger charge is -2.24. The minimum Gasteiger partial charge on any atom is -0.367 e. The molecule has 1 fully saturated rings. The molecule has 2 rings (SSSR count). The number of anilines is 1. The van der Waals surface area contributed by atoms with Crippen LogP contribution < -0.4 is 5.32 Å². The third kappa shape index (κ3) is 2.80. The molecule has 1 aliphatic heterocycles. The van der Waals surface area contributed by atoms with Gasteiger partial charge in [0.25, 0.3) is 0 Å². The van der Waals surface area contributed by atoms with Gasteiger partial charge in [0.2, 0.25) is 0 Å². The molecule has 1 unspecified atom stereocenters. The summed E-state index contributed by atoms with van der Waals surface area (Å²) >= 11 is 0. The molecule has 1 aliphatic rings. The number of likely N-dealkylation sites (tertiary alicyclic amines) is 1. The maximum atomic E-state index is 9.14. The van der Waals surface area contributed by atoms with Gasteiger partial charge in [-0.05, 0) is 51.4 Å². The molecular weight excluding hydrogens is 224 g/mol. The summed E-state index contributed by atoms with van der Waals surface area (Å²) in [4.78, 5) is 6.74. The number of nitriles is 1. The van der Waals surface area contributed by atoms with Gasteiger partial charge < -0.3 is 5.32 Å². The van der Waals surface area contributed by atoms with Gasteiger partial charge in [-0.25, -0.2) is 4.98 Å². The lowest BCUT2D eigenvalue weighted by molar-refractivity contribution is 0.269. The average molecular weight is 244 g/mol. The summed E-state index contributed by atoms with van der Waals surface area (Å²) in [6.45, 7) is 7.38. The first-order valence-corrected chi connectivity index (χ1v) is 6.56. The molecule has 1 atom stereocenters. The summed E-state index contributed by atoms with van der Waals surface area (Å²) in [5, 5.41) is 12.4. The summed E-state index contributed by atoms with van der Waals surface area (Å²) in [6.07, 6.45) is 4.35. The van der Waals surface area contributed by atoms with E-state index in [1.54, 1.807) is 6.20 Å². The number of hydrogen-bond acceptors (Lipinski definition) is 4. The molecule has 0 aromatic carbocycles. The number of rotatable bonds is 4. The molecule has 0 aliphatic carbocycles. The number of aryl methyl sites for hydroxylation is 1. The second kappa shape index (κ2) is 5.83. The van der Waals surface area contributed by atoms with Crippen molar-refractivity contribution in [2.24, 2.45) is 0 Å². The third-order valence-corrected chi connectivity index (χ3v) is 3.60. The highest BCUT2D eigenvalue weighted by Gasteiger charge is 2.18. The van der Waals surface area contributed by atoms with Crippen LogP contribution >= 0.6 is 0 Å². The van der Waals surface area contributed by atoms with Crippen LogP contribution in [0.4, 0.5) is 5.82 Å². The van der Waals surface area contributed by atoms with Crippen molar-refractivity contribution in [3.05, 3.63) is 23.4 Å². The second-order valence-electron chi connectivity index (χ2n) is 4.94. The van der Waals surface area contributed by atoms with E-state index in [0.29, 0.717) is 17.4 Å². The Morgan fingerprint density at radius 1 is 1.50 bits per heavy atom. The molecule has 0 bridgehead atoms. The van der Waals surface area contributed by atoms with Gasteiger partial charge in [0.15, 0.2) is 0 Å². The highest BCUT2D eigenvalue weighted by atomic mass is 15.2. The Kier molecular flexibility index (Phi) is 4.16. The van der Waals surface area contributed by atoms with Gasteiger partial charge in [0, 0.05) is 18.8 Å². The van der Waals surface area contributed by atoms with Gasteiger partial charge in [-0.15, -0.1) is 0 Å². The molecule has 0 saturated carbocycles. The smallest absolute Gasteiger partial charge is 0.144 e. The third-order valence-electron chi connectivity index (χ3n) is 3.60. The highest BCUT2D eigenvalue weighted by molar-refractivity contribution is 5.55. The Morgan fingerprint density at radius 2 is 2.22 bits per heavy atom. The molecule has 0 spiro atoms. The maximum Gasteiger partial charge on any atom is 0.144 e. The molecule has 2 heterocycles. The van der Waals surface area contributed by atoms with E-state index in [9.17, 15) is 0 Å². The largest absolute Gasteiger partial charge is 0.367 e. The normalized spacial score (nSPS) is 17.4. The number of hydrogen-bond donors (Lipinski definition) is 1. The van der Waals surface area contributed by atoms with Crippen molar-refractivity contribution in [1.29, 1.82) is 5.26 Å². The summed E-state index contributed by atoms with van der Waals surface area (Å²) < 4.78 is 0. The van der Waals surface area contributed by atoms with Crippen LogP contribution in [-0.4, -0.2) is 35.6 Å². The lowest BCUT2D eigenvalue weighted by Crippen LogP contribution is -2.35. The van der Waals surface area contributed by atoms with E-state index in [0.717, 1.165) is 12.1 Å². The van der Waals surface area contributed by atoms with Crippen LogP contribution in [0.5, 0.6) is 0 Å². The highest BCUT2D eigenvalue weighted by Crippen LogP contribution is 2.16. The molecule has 96 valence electrons. The van der Waals surface area contributed by atoms with E-state index in [-0.39, 0.29) is 0 Å². The van der Waals surface area contributed by atoms with Crippen molar-refractivity contribution in [2.45, 2.75) is 32.7 Å². The van der Waals surface area contributed by atoms with Gasteiger partial charge in [0.05, 0.1) is 5.56 Å². The van der Waals surface area contributed by atoms with E-state index >= 15 is 0 Å². The van der Waals surface area contributed by atoms with Crippen molar-refractivity contribution in [2.75, 3.05) is 25.0 Å². The first-order chi connectivity index (χ1) is 8.72. The second-order valence-corrected chi connectivity index (χ2v) is 4.94. The molecule has 18 heavy (non-hydrogen) atoms. The summed E-state index contributed by atoms with van der Waals surface area (Å²) in [5.74, 6) is 0.712. The molecule has 1 aromatic rings. The zero-order valence-electron chi connectivity index (χ0n) is 11.1. The molecule has 4 heteroatoms. The zero-order valence-corrected chi connectivity index (χ0v) is 11.1. The monoisotopic (exact) mass is 244 g/mol. The van der Waals surface area contributed by atoms with Crippen molar-refractivity contribution in [1.82, 2.24) is 9.88 Å². The Bertz CT molecular complexity index is 444. The Labute approximate surface area is 109 Å². The molecule has 1 saturated heterocycles. The number of aromatic nitrogens is 1. The standard InChI is InChI=1S/C14H20N4/c1-11-5-6-16-14(13(11)9-15)17-10-12(2)18-7-3-4-8-18/h5-6,12H,3-4,7-8,10H2,1-2H3,(H,16,17). The van der Waals surface area contributed by atoms with E-state index in [1.807, 2.05) is 13.0 Å². The van der Waals surface area contributed by atoms with E-state index in [2.05, 4.69) is 28.2 Å². The van der Waals surface area contributed by atoms with Gasteiger partial charge in [0.1, 0.15) is 11.9 Å². The topological polar surface area (TPSA) is 52.0 Å². The van der Waals surface area contributed by atoms with E-state index in [1.165, 1.54) is 25.9 Å². The van der Waals surface area contributed by atoms with E-state index in [4.69, 9.17) is 5.26 Å². The minimum atomic E-state index is 0.487. The SMILES string of the molecule is Cc1ccnc(NCC(C)N2CCCC2)c1C#N. The predicted molar refractivity (Wildman–Crippen MR) is 72.4 cm³/mol. The number of pyridine rings is 1. The fourth-order valence-corrected chi connectivity index (χ4v) is 2.39. The summed E-state index contributed by atoms with van der Waals surface area (Å²) in [7, 11) is 0. The van der Waals surface area contributed by atoms with Gasteiger partial charge in [-0.2, -0.15) is 5.26 Å². The van der Waals surface area contributed by atoms with Crippen LogP contribution in [0.3, 0.4) is 0 Å². The summed E-state index contributed by atoms with van der Waals surface area (Å²) in [6, 6.07) is 4.57. The molecule has 1 N–H and O–H groups in total. The Balaban J connectivity index is 1.98. The zero-order chi connectivity index (χ0) is 13.0. The molecule has 0 amide bonds. The molecular formula is C14H20N4. The van der Waals surface area contributed by atoms with E-state index < -0.39 is 0 Å². The van der Waals surface area contributed by atoms with Crippen LogP contribution in [0.15, 0.2) is 12.3 Å². The van der Waals surface area contributed by atoms with Gasteiger partial charge in [-0.3, -0.25) is 4.90 Å². The van der Waals surface area contributed by atoms with Crippen LogP contribution in [0.2, 0.25) is 0 Å². The molecule has 0 radical (unpaired) electrons. The quantitative estimate of drug-likeness (QED) is 0.881. The van der Waals surface area contributed by atoms with Crippen LogP contribution in [0.1, 0.15) is 30.9 Å². The van der Waals surface area contributed by atoms with Crippen LogP contribution in [0, 0.1) is 18.3 Å². The van der Waals surface area contributed by atoms with Crippen molar-refractivity contribution in [3.8, 4) is 6.07 Å². The van der Waals surface area contributed by atoms with Crippen molar-refractivity contribution < 1.29 is 0 Å². The first kappa shape index (κ1) is 12.8. The fraction of sp³-hybridized carbons (Fsp3) is 0.571. The lowest BCUT2D eigenvalue weighted by atomic mass is 10.1. The first-order valence-electron chi connectivity index (χ1n) is 6.56. The molecule has 4 nitrogen and oxygen atoms in total. The molecule has 1 aromatic heterocycles. The Hall–Kier alpha value is -1.60. The maximum absolute atomic E-state index is 9.14. The number of nitrogens with one attached hydrogen (secondary N) is 1. The van der Waals surface area contributed by atoms with Gasteiger partial charge in [-0.1, -0.05) is 0 Å². The summed E-state index contributed by atoms with van der Waals surface area (Å²) in [5.41, 5.74) is 1.63. The van der Waals surface area contributed by atoms with Crippen molar-refractivity contribution in [3.63, 3.8) is 0 Å². The fourth-order valence-electron chi connectivity index (χ4n) is 2.39. The van der Waals surface area contributed by atoms with Crippen molar-refractivity contribution >= 4 is 5.82 Å². The number of nitrogens with zero attached hydrogens (tertiary/aromatic N) is 3. The predicted octanol–water partition coefficient (Wildman–Crippen LogP) is 2.16. The minimum absolute atomic E-state index is 0.487. The van der Waals surface area contributed by atoms with Gasteiger partial charge >= 0.3 is 0 Å².